The first-order chi connectivity index (χ1) is 8.18. The molecule has 1 N–H and O–H groups in total. The summed E-state index contributed by atoms with van der Waals surface area (Å²) >= 11 is 0. The summed E-state index contributed by atoms with van der Waals surface area (Å²) in [4.78, 5) is 22.4. The van der Waals surface area contributed by atoms with Crippen molar-refractivity contribution in [2.45, 2.75) is 33.1 Å². The molecule has 4 nitrogen and oxygen atoms in total. The second-order valence-corrected chi connectivity index (χ2v) is 5.25. The van der Waals surface area contributed by atoms with E-state index in [0.29, 0.717) is 11.3 Å². The van der Waals surface area contributed by atoms with Crippen LogP contribution in [0.3, 0.4) is 0 Å². The number of hydrogen-bond acceptors (Lipinski definition) is 3. The van der Waals surface area contributed by atoms with Crippen LogP contribution in [-0.4, -0.2) is 24.0 Å². The summed E-state index contributed by atoms with van der Waals surface area (Å²) in [7, 11) is 1.56. The van der Waals surface area contributed by atoms with Crippen LogP contribution >= 0.6 is 0 Å². The van der Waals surface area contributed by atoms with E-state index in [-0.39, 0.29) is 11.0 Å². The van der Waals surface area contributed by atoms with Crippen LogP contribution in [-0.2, 0) is 10.2 Å². The van der Waals surface area contributed by atoms with E-state index < -0.39 is 11.8 Å². The Bertz CT molecular complexity index is 495. The molecule has 0 spiro atoms. The number of carbonyl (C=O) groups excluding carboxylic acids is 1. The van der Waals surface area contributed by atoms with Gasteiger partial charge in [0.2, 0.25) is 0 Å². The molecule has 1 aromatic rings. The fourth-order valence-electron chi connectivity index (χ4n) is 1.80. The SMILES string of the molecule is COc1cc(C)c(C(=O)C(=O)O)cc1C(C)(C)C. The highest BCUT2D eigenvalue weighted by Gasteiger charge is 2.24. The highest BCUT2D eigenvalue weighted by atomic mass is 16.5. The topological polar surface area (TPSA) is 63.6 Å². The lowest BCUT2D eigenvalue weighted by Gasteiger charge is -2.23. The number of methoxy groups -OCH3 is 1. The predicted octanol–water partition coefficient (Wildman–Crippen LogP) is 2.57. The fourth-order valence-corrected chi connectivity index (χ4v) is 1.80. The van der Waals surface area contributed by atoms with Crippen LogP contribution in [0.15, 0.2) is 12.1 Å². The van der Waals surface area contributed by atoms with Gasteiger partial charge in [-0.1, -0.05) is 20.8 Å². The summed E-state index contributed by atoms with van der Waals surface area (Å²) in [6.45, 7) is 7.64. The van der Waals surface area contributed by atoms with Gasteiger partial charge in [-0.25, -0.2) is 4.79 Å². The van der Waals surface area contributed by atoms with Crippen LogP contribution in [0.5, 0.6) is 5.75 Å². The molecular weight excluding hydrogens is 232 g/mol. The molecule has 1 rings (SSSR count). The molecule has 0 saturated carbocycles. The number of aryl methyl sites for hydroxylation is 1. The number of hydrogen-bond donors (Lipinski definition) is 1. The number of ketones is 1. The minimum Gasteiger partial charge on any atom is -0.496 e. The Balaban J connectivity index is 3.49. The number of benzene rings is 1. The lowest BCUT2D eigenvalue weighted by Crippen LogP contribution is -2.18. The van der Waals surface area contributed by atoms with Gasteiger partial charge in [0, 0.05) is 11.1 Å². The van der Waals surface area contributed by atoms with Gasteiger partial charge in [0.25, 0.3) is 5.78 Å². The Hall–Kier alpha value is -1.84. The predicted molar refractivity (Wildman–Crippen MR) is 68.4 cm³/mol. The number of Topliss-reactive ketones (excluding diaryl/α,β-unsaturated/α-hetero) is 1. The normalized spacial score (nSPS) is 11.2. The largest absolute Gasteiger partial charge is 0.496 e. The quantitative estimate of drug-likeness (QED) is 0.661. The molecule has 0 radical (unpaired) electrons. The van der Waals surface area contributed by atoms with E-state index in [0.717, 1.165) is 5.56 Å². The summed E-state index contributed by atoms with van der Waals surface area (Å²) in [6, 6.07) is 3.32. The van der Waals surface area contributed by atoms with Crippen molar-refractivity contribution >= 4 is 11.8 Å². The first-order valence-electron chi connectivity index (χ1n) is 5.65. The van der Waals surface area contributed by atoms with Gasteiger partial charge in [-0.15, -0.1) is 0 Å². The Morgan fingerprint density at radius 2 is 1.78 bits per heavy atom. The Morgan fingerprint density at radius 1 is 1.22 bits per heavy atom. The highest BCUT2D eigenvalue weighted by Crippen LogP contribution is 2.33. The zero-order valence-electron chi connectivity index (χ0n) is 11.3. The summed E-state index contributed by atoms with van der Waals surface area (Å²) in [5.41, 5.74) is 1.41. The minimum atomic E-state index is -1.44. The Kier molecular flexibility index (Phi) is 3.79. The zero-order valence-corrected chi connectivity index (χ0v) is 11.3. The van der Waals surface area contributed by atoms with Crippen LogP contribution < -0.4 is 4.74 Å². The molecule has 0 atom stereocenters. The van der Waals surface area contributed by atoms with Crippen molar-refractivity contribution in [1.29, 1.82) is 0 Å². The molecule has 4 heteroatoms. The number of rotatable bonds is 3. The van der Waals surface area contributed by atoms with Crippen molar-refractivity contribution in [1.82, 2.24) is 0 Å². The van der Waals surface area contributed by atoms with E-state index in [4.69, 9.17) is 9.84 Å². The number of aliphatic carboxylic acids is 1. The molecule has 98 valence electrons. The third kappa shape index (κ3) is 2.70. The molecule has 0 heterocycles. The van der Waals surface area contributed by atoms with Crippen LogP contribution in [0.1, 0.15) is 42.3 Å². The van der Waals surface area contributed by atoms with E-state index in [1.165, 1.54) is 0 Å². The second-order valence-electron chi connectivity index (χ2n) is 5.25. The maximum absolute atomic E-state index is 11.6. The molecule has 0 aliphatic carbocycles. The fraction of sp³-hybridized carbons (Fsp3) is 0.429. The minimum absolute atomic E-state index is 0.216. The molecule has 1 aromatic carbocycles. The van der Waals surface area contributed by atoms with Crippen molar-refractivity contribution in [2.24, 2.45) is 0 Å². The van der Waals surface area contributed by atoms with Crippen molar-refractivity contribution in [3.8, 4) is 5.75 Å². The maximum Gasteiger partial charge on any atom is 0.377 e. The van der Waals surface area contributed by atoms with Gasteiger partial charge >= 0.3 is 5.97 Å². The van der Waals surface area contributed by atoms with Crippen LogP contribution in [0, 0.1) is 6.92 Å². The van der Waals surface area contributed by atoms with Gasteiger partial charge in [0.05, 0.1) is 7.11 Å². The van der Waals surface area contributed by atoms with Gasteiger partial charge in [-0.3, -0.25) is 4.79 Å². The number of carboxylic acid groups (broad SMARTS) is 1. The molecule has 0 aliphatic heterocycles. The molecule has 0 unspecified atom stereocenters. The van der Waals surface area contributed by atoms with Crippen molar-refractivity contribution in [3.05, 3.63) is 28.8 Å². The molecule has 18 heavy (non-hydrogen) atoms. The van der Waals surface area contributed by atoms with E-state index in [9.17, 15) is 9.59 Å². The summed E-state index contributed by atoms with van der Waals surface area (Å²) in [5.74, 6) is -1.66. The Morgan fingerprint density at radius 3 is 2.17 bits per heavy atom. The smallest absolute Gasteiger partial charge is 0.377 e. The summed E-state index contributed by atoms with van der Waals surface area (Å²) in [5, 5.41) is 8.80. The summed E-state index contributed by atoms with van der Waals surface area (Å²) < 4.78 is 5.29. The summed E-state index contributed by atoms with van der Waals surface area (Å²) in [6.07, 6.45) is 0. The molecule has 0 saturated heterocycles. The molecule has 0 aromatic heterocycles. The van der Waals surface area contributed by atoms with Crippen LogP contribution in [0.25, 0.3) is 0 Å². The maximum atomic E-state index is 11.6. The standard InChI is InChI=1S/C14H18O4/c1-8-6-11(18-5)10(14(2,3)4)7-9(8)12(15)13(16)17/h6-7H,1-5H3,(H,16,17). The first kappa shape index (κ1) is 14.2. The van der Waals surface area contributed by atoms with Gasteiger partial charge in [0.15, 0.2) is 0 Å². The lowest BCUT2D eigenvalue weighted by molar-refractivity contribution is -0.131. The number of ether oxygens (including phenoxy) is 1. The molecule has 0 aliphatic rings. The average molecular weight is 250 g/mol. The number of carboxylic acids is 1. The van der Waals surface area contributed by atoms with Gasteiger partial charge < -0.3 is 9.84 Å². The van der Waals surface area contributed by atoms with Crippen molar-refractivity contribution < 1.29 is 19.4 Å². The molecular formula is C14H18O4. The second kappa shape index (κ2) is 4.80. The zero-order chi connectivity index (χ0) is 14.1. The van der Waals surface area contributed by atoms with E-state index in [2.05, 4.69) is 0 Å². The van der Waals surface area contributed by atoms with E-state index in [1.54, 1.807) is 26.2 Å². The Labute approximate surface area is 107 Å². The van der Waals surface area contributed by atoms with Gasteiger partial charge in [-0.2, -0.15) is 0 Å². The number of carbonyl (C=O) groups is 2. The first-order valence-corrected chi connectivity index (χ1v) is 5.65. The van der Waals surface area contributed by atoms with Crippen molar-refractivity contribution in [2.75, 3.05) is 7.11 Å². The molecule has 0 fully saturated rings. The van der Waals surface area contributed by atoms with Gasteiger partial charge in [-0.05, 0) is 30.0 Å². The van der Waals surface area contributed by atoms with E-state index >= 15 is 0 Å². The third-order valence-electron chi connectivity index (χ3n) is 2.79. The molecule has 0 bridgehead atoms. The lowest BCUT2D eigenvalue weighted by atomic mass is 9.84. The molecule has 0 amide bonds. The van der Waals surface area contributed by atoms with Gasteiger partial charge in [0.1, 0.15) is 5.75 Å². The average Bonchev–Trinajstić information content (AvgIpc) is 2.25. The van der Waals surface area contributed by atoms with Crippen LogP contribution in [0.4, 0.5) is 0 Å². The highest BCUT2D eigenvalue weighted by molar-refractivity contribution is 6.40. The van der Waals surface area contributed by atoms with E-state index in [1.807, 2.05) is 20.8 Å². The van der Waals surface area contributed by atoms with Crippen molar-refractivity contribution in [3.63, 3.8) is 0 Å². The monoisotopic (exact) mass is 250 g/mol. The van der Waals surface area contributed by atoms with Crippen LogP contribution in [0.2, 0.25) is 0 Å². The third-order valence-corrected chi connectivity index (χ3v) is 2.79.